The summed E-state index contributed by atoms with van der Waals surface area (Å²) in [5, 5.41) is 19.6. The number of rotatable bonds is 5. The highest BCUT2D eigenvalue weighted by molar-refractivity contribution is 7.11. The van der Waals surface area contributed by atoms with Crippen LogP contribution < -0.4 is 0 Å². The average molecular weight is 268 g/mol. The van der Waals surface area contributed by atoms with Crippen molar-refractivity contribution in [1.82, 2.24) is 10.2 Å². The van der Waals surface area contributed by atoms with E-state index in [0.717, 1.165) is 15.9 Å². The predicted octanol–water partition coefficient (Wildman–Crippen LogP) is 3.91. The summed E-state index contributed by atoms with van der Waals surface area (Å²) < 4.78 is 0. The fourth-order valence-electron chi connectivity index (χ4n) is 2.61. The SMILES string of the molecule is CCC(C)(C)C[C@H]1C[C@H](c2nnc([C@H](C)O)s2)C1. The van der Waals surface area contributed by atoms with Gasteiger partial charge in [0.1, 0.15) is 16.1 Å². The Morgan fingerprint density at radius 2 is 2.06 bits per heavy atom. The van der Waals surface area contributed by atoms with E-state index in [9.17, 15) is 5.11 Å². The van der Waals surface area contributed by atoms with E-state index < -0.39 is 6.10 Å². The van der Waals surface area contributed by atoms with Crippen LogP contribution in [-0.4, -0.2) is 15.3 Å². The van der Waals surface area contributed by atoms with Crippen molar-refractivity contribution in [2.75, 3.05) is 0 Å². The van der Waals surface area contributed by atoms with Crippen LogP contribution in [-0.2, 0) is 0 Å². The van der Waals surface area contributed by atoms with Crippen LogP contribution in [0.3, 0.4) is 0 Å². The van der Waals surface area contributed by atoms with Gasteiger partial charge in [0.15, 0.2) is 0 Å². The number of hydrogen-bond acceptors (Lipinski definition) is 4. The molecule has 0 amide bonds. The molecule has 0 spiro atoms. The molecule has 1 aliphatic rings. The Morgan fingerprint density at radius 1 is 1.39 bits per heavy atom. The van der Waals surface area contributed by atoms with Gasteiger partial charge in [-0.05, 0) is 37.5 Å². The fraction of sp³-hybridized carbons (Fsp3) is 0.857. The summed E-state index contributed by atoms with van der Waals surface area (Å²) in [4.78, 5) is 0. The Labute approximate surface area is 114 Å². The largest absolute Gasteiger partial charge is 0.386 e. The molecule has 1 atom stereocenters. The van der Waals surface area contributed by atoms with Gasteiger partial charge >= 0.3 is 0 Å². The Bertz CT molecular complexity index is 394. The summed E-state index contributed by atoms with van der Waals surface area (Å²) in [6.45, 7) is 8.74. The molecule has 102 valence electrons. The molecule has 3 nitrogen and oxygen atoms in total. The van der Waals surface area contributed by atoms with Crippen molar-refractivity contribution in [3.63, 3.8) is 0 Å². The van der Waals surface area contributed by atoms with E-state index in [2.05, 4.69) is 31.0 Å². The van der Waals surface area contributed by atoms with E-state index in [4.69, 9.17) is 0 Å². The van der Waals surface area contributed by atoms with Crippen molar-refractivity contribution in [1.29, 1.82) is 0 Å². The molecule has 0 aliphatic heterocycles. The summed E-state index contributed by atoms with van der Waals surface area (Å²) in [5.41, 5.74) is 0.474. The molecule has 0 aromatic carbocycles. The first kappa shape index (κ1) is 13.9. The van der Waals surface area contributed by atoms with Crippen molar-refractivity contribution >= 4 is 11.3 Å². The standard InChI is InChI=1S/C14H24N2OS/c1-5-14(3,4)8-10-6-11(7-10)13-16-15-12(18-13)9(2)17/h9-11,17H,5-8H2,1-4H3/t9-,10-,11-/m0/s1. The Morgan fingerprint density at radius 3 is 2.56 bits per heavy atom. The van der Waals surface area contributed by atoms with E-state index in [1.807, 2.05) is 0 Å². The highest BCUT2D eigenvalue weighted by Gasteiger charge is 2.35. The number of aromatic nitrogens is 2. The smallest absolute Gasteiger partial charge is 0.145 e. The third-order valence-corrected chi connectivity index (χ3v) is 5.45. The molecule has 0 bridgehead atoms. The van der Waals surface area contributed by atoms with Crippen LogP contribution in [0.15, 0.2) is 0 Å². The van der Waals surface area contributed by atoms with Crippen LogP contribution in [0.4, 0.5) is 0 Å². The first-order valence-corrected chi connectivity index (χ1v) is 7.74. The summed E-state index contributed by atoms with van der Waals surface area (Å²) >= 11 is 1.58. The van der Waals surface area contributed by atoms with Crippen LogP contribution in [0.1, 0.15) is 75.4 Å². The van der Waals surface area contributed by atoms with E-state index in [1.54, 1.807) is 18.3 Å². The summed E-state index contributed by atoms with van der Waals surface area (Å²) in [5.74, 6) is 1.44. The summed E-state index contributed by atoms with van der Waals surface area (Å²) in [6.07, 6.45) is 4.59. The second-order valence-corrected chi connectivity index (χ2v) is 7.45. The minimum Gasteiger partial charge on any atom is -0.386 e. The van der Waals surface area contributed by atoms with Crippen molar-refractivity contribution in [2.24, 2.45) is 11.3 Å². The molecule has 1 aromatic heterocycles. The number of hydrogen-bond donors (Lipinski definition) is 1. The molecule has 1 heterocycles. The molecule has 1 aliphatic carbocycles. The minimum atomic E-state index is -0.480. The Kier molecular flexibility index (Phi) is 4.07. The molecular formula is C14H24N2OS. The number of nitrogens with zero attached hydrogens (tertiary/aromatic N) is 2. The van der Waals surface area contributed by atoms with Gasteiger partial charge in [0.2, 0.25) is 0 Å². The van der Waals surface area contributed by atoms with E-state index in [-0.39, 0.29) is 0 Å². The molecule has 1 fully saturated rings. The highest BCUT2D eigenvalue weighted by Crippen LogP contribution is 2.48. The van der Waals surface area contributed by atoms with Gasteiger partial charge in [-0.15, -0.1) is 10.2 Å². The molecular weight excluding hydrogens is 244 g/mol. The second kappa shape index (κ2) is 5.25. The minimum absolute atomic E-state index is 0.474. The zero-order chi connectivity index (χ0) is 13.3. The quantitative estimate of drug-likeness (QED) is 0.880. The fourth-order valence-corrected chi connectivity index (χ4v) is 3.52. The zero-order valence-electron chi connectivity index (χ0n) is 11.8. The van der Waals surface area contributed by atoms with Crippen molar-refractivity contribution < 1.29 is 5.11 Å². The third-order valence-electron chi connectivity index (χ3n) is 4.20. The number of aliphatic hydroxyl groups is 1. The van der Waals surface area contributed by atoms with Crippen molar-refractivity contribution in [3.05, 3.63) is 10.0 Å². The van der Waals surface area contributed by atoms with Gasteiger partial charge in [0.05, 0.1) is 0 Å². The van der Waals surface area contributed by atoms with Gasteiger partial charge in [-0.1, -0.05) is 38.5 Å². The Hall–Kier alpha value is -0.480. The van der Waals surface area contributed by atoms with Crippen molar-refractivity contribution in [3.8, 4) is 0 Å². The first-order valence-electron chi connectivity index (χ1n) is 6.92. The molecule has 0 radical (unpaired) electrons. The molecule has 18 heavy (non-hydrogen) atoms. The van der Waals surface area contributed by atoms with Crippen LogP contribution in [0.5, 0.6) is 0 Å². The lowest BCUT2D eigenvalue weighted by Crippen LogP contribution is -2.27. The number of aliphatic hydroxyl groups excluding tert-OH is 1. The molecule has 1 saturated carbocycles. The predicted molar refractivity (Wildman–Crippen MR) is 74.7 cm³/mol. The monoisotopic (exact) mass is 268 g/mol. The van der Waals surface area contributed by atoms with Gasteiger partial charge in [-0.3, -0.25) is 0 Å². The van der Waals surface area contributed by atoms with Crippen LogP contribution in [0.2, 0.25) is 0 Å². The lowest BCUT2D eigenvalue weighted by Gasteiger charge is -2.38. The summed E-state index contributed by atoms with van der Waals surface area (Å²) in [7, 11) is 0. The maximum Gasteiger partial charge on any atom is 0.145 e. The van der Waals surface area contributed by atoms with Gasteiger partial charge in [0.25, 0.3) is 0 Å². The highest BCUT2D eigenvalue weighted by atomic mass is 32.1. The molecule has 4 heteroatoms. The van der Waals surface area contributed by atoms with E-state index in [0.29, 0.717) is 11.3 Å². The molecule has 1 N–H and O–H groups in total. The van der Waals surface area contributed by atoms with Gasteiger partial charge in [-0.25, -0.2) is 0 Å². The maximum atomic E-state index is 9.45. The van der Waals surface area contributed by atoms with Gasteiger partial charge in [-0.2, -0.15) is 0 Å². The first-order chi connectivity index (χ1) is 8.41. The molecule has 0 unspecified atom stereocenters. The average Bonchev–Trinajstić information content (AvgIpc) is 2.72. The lowest BCUT2D eigenvalue weighted by atomic mass is 9.67. The molecule has 0 saturated heterocycles. The van der Waals surface area contributed by atoms with E-state index in [1.165, 1.54) is 25.7 Å². The third kappa shape index (κ3) is 3.09. The van der Waals surface area contributed by atoms with Gasteiger partial charge in [0, 0.05) is 5.92 Å². The van der Waals surface area contributed by atoms with Crippen LogP contribution in [0.25, 0.3) is 0 Å². The molecule has 1 aromatic rings. The lowest BCUT2D eigenvalue weighted by molar-refractivity contribution is 0.163. The topological polar surface area (TPSA) is 46.0 Å². The molecule has 2 rings (SSSR count). The van der Waals surface area contributed by atoms with E-state index >= 15 is 0 Å². The summed E-state index contributed by atoms with van der Waals surface area (Å²) in [6, 6.07) is 0. The zero-order valence-corrected chi connectivity index (χ0v) is 12.6. The van der Waals surface area contributed by atoms with Crippen molar-refractivity contribution in [2.45, 2.75) is 65.4 Å². The van der Waals surface area contributed by atoms with Gasteiger partial charge < -0.3 is 5.11 Å². The Balaban J connectivity index is 1.85. The maximum absolute atomic E-state index is 9.45. The van der Waals surface area contributed by atoms with Crippen LogP contribution in [0, 0.1) is 11.3 Å². The van der Waals surface area contributed by atoms with Crippen LogP contribution >= 0.6 is 11.3 Å². The normalized spacial score (nSPS) is 25.8. The second-order valence-electron chi connectivity index (χ2n) is 6.41.